The van der Waals surface area contributed by atoms with E-state index < -0.39 is 0 Å². The summed E-state index contributed by atoms with van der Waals surface area (Å²) in [6, 6.07) is 0. The molecule has 0 aliphatic carbocycles. The molecule has 2 fully saturated rings. The molecule has 94 valence electrons. The van der Waals surface area contributed by atoms with Crippen LogP contribution in [0.1, 0.15) is 26.2 Å². The average Bonchev–Trinajstić information content (AvgIpc) is 2.27. The Kier molecular flexibility index (Phi) is 4.62. The summed E-state index contributed by atoms with van der Waals surface area (Å²) in [6.45, 7) is 9.24. The number of piperidine rings is 1. The van der Waals surface area contributed by atoms with Crippen molar-refractivity contribution in [2.45, 2.75) is 32.3 Å². The van der Waals surface area contributed by atoms with E-state index in [0.29, 0.717) is 6.10 Å². The van der Waals surface area contributed by atoms with Crippen molar-refractivity contribution in [3.8, 4) is 0 Å². The van der Waals surface area contributed by atoms with Gasteiger partial charge in [-0.1, -0.05) is 0 Å². The third kappa shape index (κ3) is 3.72. The molecule has 0 amide bonds. The third-order valence-corrected chi connectivity index (χ3v) is 3.90. The molecule has 0 aromatic carbocycles. The summed E-state index contributed by atoms with van der Waals surface area (Å²) < 4.78 is 5.57. The summed E-state index contributed by atoms with van der Waals surface area (Å²) in [4.78, 5) is 5.05. The summed E-state index contributed by atoms with van der Waals surface area (Å²) in [5.74, 6) is 0.928. The normalized spacial score (nSPS) is 34.1. The zero-order chi connectivity index (χ0) is 11.4. The molecule has 0 bridgehead atoms. The molecule has 0 aromatic heterocycles. The van der Waals surface area contributed by atoms with Crippen molar-refractivity contribution >= 4 is 0 Å². The molecule has 2 rings (SSSR count). The Morgan fingerprint density at radius 3 is 2.88 bits per heavy atom. The number of morpholine rings is 1. The fraction of sp³-hybridized carbons (Fsp3) is 1.00. The van der Waals surface area contributed by atoms with Gasteiger partial charge in [0.05, 0.1) is 12.7 Å². The monoisotopic (exact) mass is 226 g/mol. The molecular formula is C13H26N2O. The van der Waals surface area contributed by atoms with Crippen molar-refractivity contribution in [1.82, 2.24) is 9.80 Å². The van der Waals surface area contributed by atoms with Gasteiger partial charge in [0.2, 0.25) is 0 Å². The molecule has 0 N–H and O–H groups in total. The molecule has 0 radical (unpaired) electrons. The molecule has 0 aromatic rings. The van der Waals surface area contributed by atoms with Gasteiger partial charge >= 0.3 is 0 Å². The first kappa shape index (κ1) is 12.3. The predicted molar refractivity (Wildman–Crippen MR) is 66.7 cm³/mol. The molecule has 0 saturated carbocycles. The van der Waals surface area contributed by atoms with Gasteiger partial charge in [-0.2, -0.15) is 0 Å². The summed E-state index contributed by atoms with van der Waals surface area (Å²) in [6.07, 6.45) is 4.63. The molecule has 2 atom stereocenters. The van der Waals surface area contributed by atoms with Gasteiger partial charge in [0.1, 0.15) is 0 Å². The zero-order valence-electron chi connectivity index (χ0n) is 10.8. The highest BCUT2D eigenvalue weighted by Gasteiger charge is 2.20. The number of nitrogens with zero attached hydrogens (tertiary/aromatic N) is 2. The van der Waals surface area contributed by atoms with E-state index in [1.54, 1.807) is 0 Å². The van der Waals surface area contributed by atoms with Gasteiger partial charge in [0.25, 0.3) is 0 Å². The second-order valence-electron chi connectivity index (χ2n) is 5.54. The van der Waals surface area contributed by atoms with Crippen LogP contribution in [0, 0.1) is 5.92 Å². The Bertz CT molecular complexity index is 188. The first-order valence-corrected chi connectivity index (χ1v) is 6.76. The van der Waals surface area contributed by atoms with Crippen LogP contribution in [-0.2, 0) is 4.74 Å². The van der Waals surface area contributed by atoms with E-state index in [1.165, 1.54) is 38.9 Å². The van der Waals surface area contributed by atoms with Crippen LogP contribution in [0.15, 0.2) is 0 Å². The highest BCUT2D eigenvalue weighted by Crippen LogP contribution is 2.19. The number of hydrogen-bond donors (Lipinski definition) is 0. The maximum absolute atomic E-state index is 5.57. The van der Waals surface area contributed by atoms with Gasteiger partial charge in [-0.15, -0.1) is 0 Å². The summed E-state index contributed by atoms with van der Waals surface area (Å²) in [5.41, 5.74) is 0. The van der Waals surface area contributed by atoms with E-state index in [2.05, 4.69) is 23.8 Å². The first-order chi connectivity index (χ1) is 7.74. The van der Waals surface area contributed by atoms with Crippen molar-refractivity contribution in [2.75, 3.05) is 46.4 Å². The fourth-order valence-corrected chi connectivity index (χ4v) is 2.97. The van der Waals surface area contributed by atoms with Crippen molar-refractivity contribution in [2.24, 2.45) is 5.92 Å². The van der Waals surface area contributed by atoms with Gasteiger partial charge in [0, 0.05) is 19.6 Å². The number of ether oxygens (including phenoxy) is 1. The molecule has 0 unspecified atom stereocenters. The third-order valence-electron chi connectivity index (χ3n) is 3.90. The molecule has 2 saturated heterocycles. The van der Waals surface area contributed by atoms with E-state index >= 15 is 0 Å². The van der Waals surface area contributed by atoms with Crippen molar-refractivity contribution in [3.63, 3.8) is 0 Å². The molecule has 2 heterocycles. The highest BCUT2D eigenvalue weighted by atomic mass is 16.5. The molecule has 3 nitrogen and oxygen atoms in total. The minimum absolute atomic E-state index is 0.433. The minimum Gasteiger partial charge on any atom is -0.376 e. The molecule has 0 spiro atoms. The quantitative estimate of drug-likeness (QED) is 0.724. The van der Waals surface area contributed by atoms with Gasteiger partial charge < -0.3 is 9.64 Å². The lowest BCUT2D eigenvalue weighted by atomic mass is 9.95. The Morgan fingerprint density at radius 2 is 2.12 bits per heavy atom. The van der Waals surface area contributed by atoms with Gasteiger partial charge in [-0.3, -0.25) is 4.90 Å². The van der Waals surface area contributed by atoms with Crippen LogP contribution in [0.3, 0.4) is 0 Å². The Morgan fingerprint density at radius 1 is 1.25 bits per heavy atom. The lowest BCUT2D eigenvalue weighted by Gasteiger charge is -2.34. The van der Waals surface area contributed by atoms with Crippen LogP contribution >= 0.6 is 0 Å². The maximum atomic E-state index is 5.57. The van der Waals surface area contributed by atoms with E-state index in [9.17, 15) is 0 Å². The summed E-state index contributed by atoms with van der Waals surface area (Å²) in [7, 11) is 2.25. The van der Waals surface area contributed by atoms with Crippen molar-refractivity contribution in [1.29, 1.82) is 0 Å². The van der Waals surface area contributed by atoms with Crippen LogP contribution in [0.25, 0.3) is 0 Å². The molecule has 16 heavy (non-hydrogen) atoms. The van der Waals surface area contributed by atoms with E-state index in [-0.39, 0.29) is 0 Å². The average molecular weight is 226 g/mol. The first-order valence-electron chi connectivity index (χ1n) is 6.76. The highest BCUT2D eigenvalue weighted by molar-refractivity contribution is 4.74. The summed E-state index contributed by atoms with van der Waals surface area (Å²) in [5, 5.41) is 0. The van der Waals surface area contributed by atoms with Crippen LogP contribution in [0.4, 0.5) is 0 Å². The molecule has 2 aliphatic rings. The zero-order valence-corrected chi connectivity index (χ0v) is 10.8. The van der Waals surface area contributed by atoms with Crippen molar-refractivity contribution in [3.05, 3.63) is 0 Å². The largest absolute Gasteiger partial charge is 0.376 e. The van der Waals surface area contributed by atoms with E-state index in [4.69, 9.17) is 4.74 Å². The molecule has 2 aliphatic heterocycles. The van der Waals surface area contributed by atoms with Crippen LogP contribution in [-0.4, -0.2) is 62.3 Å². The second kappa shape index (κ2) is 5.99. The molecular weight excluding hydrogens is 200 g/mol. The van der Waals surface area contributed by atoms with Gasteiger partial charge in [-0.05, 0) is 52.2 Å². The van der Waals surface area contributed by atoms with E-state index in [0.717, 1.165) is 25.6 Å². The van der Waals surface area contributed by atoms with Gasteiger partial charge in [-0.25, -0.2) is 0 Å². The van der Waals surface area contributed by atoms with Crippen LogP contribution in [0.2, 0.25) is 0 Å². The smallest absolute Gasteiger partial charge is 0.0674 e. The minimum atomic E-state index is 0.433. The fourth-order valence-electron chi connectivity index (χ4n) is 2.97. The molecule has 3 heteroatoms. The maximum Gasteiger partial charge on any atom is 0.0674 e. The number of rotatable bonds is 3. The Hall–Kier alpha value is -0.120. The van der Waals surface area contributed by atoms with Crippen LogP contribution < -0.4 is 0 Å². The topological polar surface area (TPSA) is 15.7 Å². The standard InChI is InChI=1S/C13H26N2O/c1-12-10-15(8-9-16-12)7-5-13-4-3-6-14(2)11-13/h12-13H,3-11H2,1-2H3/t12-,13-/m0/s1. The van der Waals surface area contributed by atoms with Crippen LogP contribution in [0.5, 0.6) is 0 Å². The Labute approximate surface area is 99.7 Å². The van der Waals surface area contributed by atoms with Gasteiger partial charge in [0.15, 0.2) is 0 Å². The lowest BCUT2D eigenvalue weighted by molar-refractivity contribution is -0.0205. The second-order valence-corrected chi connectivity index (χ2v) is 5.54. The Balaban J connectivity index is 1.66. The lowest BCUT2D eigenvalue weighted by Crippen LogP contribution is -2.42. The SMILES string of the molecule is C[C@H]1CN(CC[C@@H]2CCCN(C)C2)CCO1. The number of likely N-dealkylation sites (tertiary alicyclic amines) is 1. The number of hydrogen-bond acceptors (Lipinski definition) is 3. The predicted octanol–water partition coefficient (Wildman–Crippen LogP) is 1.44. The van der Waals surface area contributed by atoms with E-state index in [1.807, 2.05) is 0 Å². The van der Waals surface area contributed by atoms with Crippen molar-refractivity contribution < 1.29 is 4.74 Å². The summed E-state index contributed by atoms with van der Waals surface area (Å²) >= 11 is 0.